The Hall–Kier alpha value is -2.41. The van der Waals surface area contributed by atoms with Crippen LogP contribution in [0.3, 0.4) is 0 Å². The molecule has 7 heteroatoms. The smallest absolute Gasteiger partial charge is 0.272 e. The molecule has 0 spiro atoms. The van der Waals surface area contributed by atoms with Gasteiger partial charge in [-0.15, -0.1) is 0 Å². The van der Waals surface area contributed by atoms with Crippen LogP contribution in [0.5, 0.6) is 0 Å². The number of amides is 1. The summed E-state index contributed by atoms with van der Waals surface area (Å²) in [7, 11) is 0. The first-order valence-corrected chi connectivity index (χ1v) is 6.24. The molecule has 0 saturated carbocycles. The highest BCUT2D eigenvalue weighted by Crippen LogP contribution is 2.15. The van der Waals surface area contributed by atoms with Gasteiger partial charge in [0.25, 0.3) is 5.91 Å². The molecule has 0 aliphatic carbocycles. The minimum atomic E-state index is -0.316. The van der Waals surface area contributed by atoms with Crippen LogP contribution in [0.25, 0.3) is 0 Å². The Morgan fingerprint density at radius 3 is 2.90 bits per heavy atom. The molecule has 0 aliphatic rings. The number of nitrogen functional groups attached to an aromatic ring is 1. The Kier molecular flexibility index (Phi) is 4.31. The molecule has 0 aromatic carbocycles. The van der Waals surface area contributed by atoms with Gasteiger partial charge in [-0.3, -0.25) is 10.6 Å². The topological polar surface area (TPSA) is 106 Å². The zero-order chi connectivity index (χ0) is 14.5. The fraction of sp³-hybridized carbons (Fsp3) is 0.308. The maximum Gasteiger partial charge on any atom is 0.272 e. The number of hydrogen-bond acceptors (Lipinski definition) is 6. The summed E-state index contributed by atoms with van der Waals surface area (Å²) in [5, 5.41) is 2.76. The monoisotopic (exact) mass is 275 g/mol. The van der Waals surface area contributed by atoms with E-state index in [2.05, 4.69) is 20.7 Å². The first-order valence-electron chi connectivity index (χ1n) is 6.24. The minimum absolute atomic E-state index is 0.127. The lowest BCUT2D eigenvalue weighted by molar-refractivity contribution is 0.0946. The molecule has 106 valence electrons. The summed E-state index contributed by atoms with van der Waals surface area (Å²) < 4.78 is 4.94. The molecular weight excluding hydrogens is 258 g/mol. The molecule has 0 saturated heterocycles. The first kappa shape index (κ1) is 14.0. The second-order valence-corrected chi connectivity index (χ2v) is 4.60. The molecule has 2 aromatic rings. The number of nitrogens with zero attached hydrogens (tertiary/aromatic N) is 2. The molecule has 7 nitrogen and oxygen atoms in total. The van der Waals surface area contributed by atoms with Gasteiger partial charge in [0.05, 0.1) is 24.4 Å². The Labute approximate surface area is 116 Å². The molecule has 1 amide bonds. The Morgan fingerprint density at radius 2 is 2.30 bits per heavy atom. The Balaban J connectivity index is 2.16. The molecule has 0 aliphatic heterocycles. The van der Waals surface area contributed by atoms with E-state index in [1.807, 2.05) is 13.8 Å². The van der Waals surface area contributed by atoms with E-state index in [4.69, 9.17) is 10.3 Å². The van der Waals surface area contributed by atoms with Gasteiger partial charge in [0.15, 0.2) is 5.69 Å². The predicted molar refractivity (Wildman–Crippen MR) is 73.8 cm³/mol. The van der Waals surface area contributed by atoms with Crippen molar-refractivity contribution in [3.05, 3.63) is 41.9 Å². The van der Waals surface area contributed by atoms with Gasteiger partial charge in [-0.1, -0.05) is 13.8 Å². The van der Waals surface area contributed by atoms with Gasteiger partial charge < -0.3 is 15.2 Å². The molecule has 0 unspecified atom stereocenters. The number of carbonyl (C=O) groups excluding carboxylic acids is 1. The Morgan fingerprint density at radius 1 is 1.50 bits per heavy atom. The fourth-order valence-electron chi connectivity index (χ4n) is 1.61. The number of hydrogen-bond donors (Lipinski definition) is 3. The quantitative estimate of drug-likeness (QED) is 0.562. The van der Waals surface area contributed by atoms with Crippen molar-refractivity contribution in [2.24, 2.45) is 5.84 Å². The van der Waals surface area contributed by atoms with Crippen molar-refractivity contribution < 1.29 is 9.21 Å². The number of furan rings is 1. The van der Waals surface area contributed by atoms with Crippen LogP contribution in [-0.2, 0) is 6.54 Å². The van der Waals surface area contributed by atoms with Crippen LogP contribution in [0.2, 0.25) is 0 Å². The fourth-order valence-corrected chi connectivity index (χ4v) is 1.61. The number of aromatic nitrogens is 2. The van der Waals surface area contributed by atoms with Crippen LogP contribution in [0.4, 0.5) is 5.69 Å². The zero-order valence-corrected chi connectivity index (χ0v) is 11.4. The lowest BCUT2D eigenvalue weighted by atomic mass is 10.2. The van der Waals surface area contributed by atoms with E-state index >= 15 is 0 Å². The summed E-state index contributed by atoms with van der Waals surface area (Å²) in [4.78, 5) is 20.6. The van der Waals surface area contributed by atoms with Crippen molar-refractivity contribution in [1.29, 1.82) is 0 Å². The summed E-state index contributed by atoms with van der Waals surface area (Å²) in [6.45, 7) is 4.27. The van der Waals surface area contributed by atoms with Crippen LogP contribution in [0.1, 0.15) is 41.6 Å². The summed E-state index contributed by atoms with van der Waals surface area (Å²) in [5.41, 5.74) is 3.92. The number of hydrazine groups is 1. The van der Waals surface area contributed by atoms with E-state index in [0.29, 0.717) is 18.1 Å². The van der Waals surface area contributed by atoms with Crippen molar-refractivity contribution in [3.63, 3.8) is 0 Å². The first-order chi connectivity index (χ1) is 9.61. The molecule has 4 N–H and O–H groups in total. The normalized spacial score (nSPS) is 10.6. The highest BCUT2D eigenvalue weighted by Gasteiger charge is 2.16. The molecule has 2 aromatic heterocycles. The molecule has 2 rings (SSSR count). The van der Waals surface area contributed by atoms with E-state index in [1.165, 1.54) is 6.20 Å². The molecule has 20 heavy (non-hydrogen) atoms. The Bertz CT molecular complexity index is 580. The van der Waals surface area contributed by atoms with Crippen molar-refractivity contribution >= 4 is 11.6 Å². The van der Waals surface area contributed by atoms with E-state index in [-0.39, 0.29) is 17.5 Å². The van der Waals surface area contributed by atoms with Crippen LogP contribution >= 0.6 is 0 Å². The van der Waals surface area contributed by atoms with Crippen LogP contribution < -0.4 is 16.6 Å². The maximum atomic E-state index is 12.2. The lowest BCUT2D eigenvalue weighted by Gasteiger charge is -2.11. The van der Waals surface area contributed by atoms with Gasteiger partial charge in [0.2, 0.25) is 0 Å². The lowest BCUT2D eigenvalue weighted by Crippen LogP contribution is -2.26. The van der Waals surface area contributed by atoms with Gasteiger partial charge in [0.1, 0.15) is 5.82 Å². The van der Waals surface area contributed by atoms with E-state index < -0.39 is 0 Å². The van der Waals surface area contributed by atoms with Crippen LogP contribution in [0.15, 0.2) is 29.2 Å². The highest BCUT2D eigenvalue weighted by atomic mass is 16.3. The number of nitrogens with one attached hydrogen (secondary N) is 2. The van der Waals surface area contributed by atoms with E-state index in [1.54, 1.807) is 18.6 Å². The highest BCUT2D eigenvalue weighted by molar-refractivity contribution is 5.97. The molecule has 0 bridgehead atoms. The van der Waals surface area contributed by atoms with E-state index in [0.717, 1.165) is 5.56 Å². The molecule has 2 heterocycles. The average Bonchev–Trinajstić information content (AvgIpc) is 2.97. The summed E-state index contributed by atoms with van der Waals surface area (Å²) >= 11 is 0. The maximum absolute atomic E-state index is 12.2. The van der Waals surface area contributed by atoms with Gasteiger partial charge in [-0.2, -0.15) is 0 Å². The van der Waals surface area contributed by atoms with Crippen molar-refractivity contribution in [3.8, 4) is 0 Å². The molecule has 0 fully saturated rings. The average molecular weight is 275 g/mol. The van der Waals surface area contributed by atoms with Crippen LogP contribution in [0, 0.1) is 0 Å². The van der Waals surface area contributed by atoms with Gasteiger partial charge in [-0.05, 0) is 6.07 Å². The molecule has 0 radical (unpaired) electrons. The van der Waals surface area contributed by atoms with Gasteiger partial charge in [-0.25, -0.2) is 9.97 Å². The van der Waals surface area contributed by atoms with Gasteiger partial charge in [0, 0.05) is 18.0 Å². The summed E-state index contributed by atoms with van der Waals surface area (Å²) in [6, 6.07) is 1.78. The second kappa shape index (κ2) is 6.16. The third-order valence-corrected chi connectivity index (χ3v) is 2.73. The third kappa shape index (κ3) is 3.12. The van der Waals surface area contributed by atoms with Crippen molar-refractivity contribution in [2.75, 3.05) is 5.43 Å². The minimum Gasteiger partial charge on any atom is -0.472 e. The third-order valence-electron chi connectivity index (χ3n) is 2.73. The number of anilines is 1. The predicted octanol–water partition coefficient (Wildman–Crippen LogP) is 1.41. The number of rotatable bonds is 5. The van der Waals surface area contributed by atoms with Crippen molar-refractivity contribution in [1.82, 2.24) is 15.3 Å². The summed E-state index contributed by atoms with van der Waals surface area (Å²) in [6.07, 6.45) is 4.63. The van der Waals surface area contributed by atoms with Crippen molar-refractivity contribution in [2.45, 2.75) is 26.3 Å². The van der Waals surface area contributed by atoms with E-state index in [9.17, 15) is 4.79 Å². The SMILES string of the molecule is CC(C)c1ncc(NN)c(C(=O)NCc2ccoc2)n1. The number of carbonyl (C=O) groups is 1. The molecule has 0 atom stereocenters. The largest absolute Gasteiger partial charge is 0.472 e. The summed E-state index contributed by atoms with van der Waals surface area (Å²) in [5.74, 6) is 5.79. The standard InChI is InChI=1S/C13H17N5O2/c1-8(2)12-15-6-10(18-14)11(17-12)13(19)16-5-9-3-4-20-7-9/h3-4,6-8,18H,5,14H2,1-2H3,(H,16,19). The number of nitrogens with two attached hydrogens (primary N) is 1. The zero-order valence-electron chi connectivity index (χ0n) is 11.4. The van der Waals surface area contributed by atoms with Crippen LogP contribution in [-0.4, -0.2) is 15.9 Å². The second-order valence-electron chi connectivity index (χ2n) is 4.60. The van der Waals surface area contributed by atoms with Gasteiger partial charge >= 0.3 is 0 Å². The molecular formula is C13H17N5O2.